The molecule has 0 saturated heterocycles. The van der Waals surface area contributed by atoms with E-state index in [0.29, 0.717) is 29.5 Å². The number of fused-ring (bicyclic) bond motifs is 1. The Hall–Kier alpha value is -3.45. The highest BCUT2D eigenvalue weighted by atomic mass is 35.5. The summed E-state index contributed by atoms with van der Waals surface area (Å²) in [6.45, 7) is 4.56. The van der Waals surface area contributed by atoms with Gasteiger partial charge in [0.05, 0.1) is 12.1 Å². The summed E-state index contributed by atoms with van der Waals surface area (Å²) in [4.78, 5) is 24.5. The second-order valence-corrected chi connectivity index (χ2v) is 8.05. The van der Waals surface area contributed by atoms with E-state index in [-0.39, 0.29) is 29.8 Å². The van der Waals surface area contributed by atoms with Gasteiger partial charge in [-0.15, -0.1) is 0 Å². The number of aromatic nitrogens is 1. The van der Waals surface area contributed by atoms with Crippen LogP contribution in [0.15, 0.2) is 48.5 Å². The number of Topliss-reactive ketones (excluding diaryl/α,β-unsaturated/α-hetero) is 1. The van der Waals surface area contributed by atoms with Crippen molar-refractivity contribution in [2.75, 3.05) is 13.2 Å². The Morgan fingerprint density at radius 2 is 1.88 bits per heavy atom. The molecule has 2 aromatic carbocycles. The molecule has 0 radical (unpaired) electrons. The zero-order chi connectivity index (χ0) is 22.8. The van der Waals surface area contributed by atoms with Crippen LogP contribution >= 0.6 is 11.6 Å². The van der Waals surface area contributed by atoms with Crippen LogP contribution in [0.2, 0.25) is 5.02 Å². The van der Waals surface area contributed by atoms with Gasteiger partial charge in [0.15, 0.2) is 24.2 Å². The van der Waals surface area contributed by atoms with Crippen LogP contribution in [-0.4, -0.2) is 35.6 Å². The minimum atomic E-state index is -0.676. The predicted octanol–water partition coefficient (Wildman–Crippen LogP) is 3.96. The van der Waals surface area contributed by atoms with Gasteiger partial charge in [0.2, 0.25) is 5.78 Å². The topological polar surface area (TPSA) is 92.8 Å². The van der Waals surface area contributed by atoms with Gasteiger partial charge in [0.25, 0.3) is 5.91 Å². The molecular weight excluding hydrogens is 432 g/mol. The molecule has 0 bridgehead atoms. The van der Waals surface area contributed by atoms with E-state index in [2.05, 4.69) is 0 Å². The third kappa shape index (κ3) is 4.43. The summed E-state index contributed by atoms with van der Waals surface area (Å²) in [5, 5.41) is 0.359. The highest BCUT2D eigenvalue weighted by Crippen LogP contribution is 2.31. The average molecular weight is 455 g/mol. The number of nitrogens with zero attached hydrogens (tertiary/aromatic N) is 1. The van der Waals surface area contributed by atoms with Gasteiger partial charge in [0, 0.05) is 22.0 Å². The number of hydrogen-bond donors (Lipinski definition) is 1. The molecule has 3 aromatic rings. The van der Waals surface area contributed by atoms with Crippen LogP contribution < -0.4 is 19.9 Å². The fourth-order valence-corrected chi connectivity index (χ4v) is 3.93. The van der Waals surface area contributed by atoms with Crippen molar-refractivity contribution in [3.63, 3.8) is 0 Å². The van der Waals surface area contributed by atoms with E-state index in [9.17, 15) is 9.59 Å². The van der Waals surface area contributed by atoms with Gasteiger partial charge in [0.1, 0.15) is 12.4 Å². The number of amides is 1. The monoisotopic (exact) mass is 454 g/mol. The number of ether oxygens (including phenoxy) is 3. The first-order valence-corrected chi connectivity index (χ1v) is 10.5. The molecular formula is C24H23ClN2O5. The van der Waals surface area contributed by atoms with Gasteiger partial charge in [-0.1, -0.05) is 23.7 Å². The summed E-state index contributed by atoms with van der Waals surface area (Å²) in [5.41, 5.74) is 7.80. The summed E-state index contributed by atoms with van der Waals surface area (Å²) in [6.07, 6.45) is -0.180. The molecule has 166 valence electrons. The van der Waals surface area contributed by atoms with Crippen LogP contribution in [0.4, 0.5) is 0 Å². The molecule has 1 amide bonds. The van der Waals surface area contributed by atoms with Crippen molar-refractivity contribution in [2.24, 2.45) is 5.73 Å². The van der Waals surface area contributed by atoms with Gasteiger partial charge >= 0.3 is 0 Å². The summed E-state index contributed by atoms with van der Waals surface area (Å²) in [6, 6.07) is 13.9. The summed E-state index contributed by atoms with van der Waals surface area (Å²) < 4.78 is 19.5. The Morgan fingerprint density at radius 1 is 1.12 bits per heavy atom. The first kappa shape index (κ1) is 21.8. The highest BCUT2D eigenvalue weighted by Gasteiger charge is 2.24. The van der Waals surface area contributed by atoms with E-state index >= 15 is 0 Å². The molecule has 1 aliphatic rings. The molecule has 1 aromatic heterocycles. The van der Waals surface area contributed by atoms with Crippen LogP contribution in [0.25, 0.3) is 0 Å². The molecule has 32 heavy (non-hydrogen) atoms. The van der Waals surface area contributed by atoms with Crippen LogP contribution in [-0.2, 0) is 6.54 Å². The normalized spacial score (nSPS) is 14.8. The molecule has 1 atom stereocenters. The van der Waals surface area contributed by atoms with Crippen molar-refractivity contribution in [2.45, 2.75) is 26.5 Å². The van der Waals surface area contributed by atoms with E-state index in [1.807, 2.05) is 48.7 Å². The highest BCUT2D eigenvalue weighted by molar-refractivity contribution is 6.31. The van der Waals surface area contributed by atoms with Crippen molar-refractivity contribution >= 4 is 23.3 Å². The zero-order valence-electron chi connectivity index (χ0n) is 17.8. The average Bonchev–Trinajstić information content (AvgIpc) is 3.06. The fraction of sp³-hybridized carbons (Fsp3) is 0.250. The Labute approximate surface area is 190 Å². The summed E-state index contributed by atoms with van der Waals surface area (Å²) >= 11 is 5.92. The predicted molar refractivity (Wildman–Crippen MR) is 120 cm³/mol. The maximum Gasteiger partial charge on any atom is 0.252 e. The first-order chi connectivity index (χ1) is 15.3. The van der Waals surface area contributed by atoms with Crippen molar-refractivity contribution < 1.29 is 23.8 Å². The van der Waals surface area contributed by atoms with Crippen LogP contribution in [0, 0.1) is 13.8 Å². The molecule has 8 heteroatoms. The lowest BCUT2D eigenvalue weighted by atomic mass is 10.1. The van der Waals surface area contributed by atoms with Crippen LogP contribution in [0.1, 0.15) is 32.1 Å². The zero-order valence-corrected chi connectivity index (χ0v) is 18.5. The quantitative estimate of drug-likeness (QED) is 0.545. The maximum absolute atomic E-state index is 12.9. The minimum Gasteiger partial charge on any atom is -0.486 e. The second kappa shape index (κ2) is 8.96. The standard InChI is InChI=1S/C24H23ClN2O5/c1-14-9-18(20(28)13-31-21-8-7-16(25)10-19(21)24(26)29)15(2)27(14)11-17-12-30-22-5-3-4-6-23(22)32-17/h3-10,17H,11-13H2,1-2H3,(H2,26,29). The van der Waals surface area contributed by atoms with E-state index in [0.717, 1.165) is 17.1 Å². The van der Waals surface area contributed by atoms with E-state index in [1.165, 1.54) is 12.1 Å². The Bertz CT molecular complexity index is 1190. The maximum atomic E-state index is 12.9. The molecule has 0 spiro atoms. The van der Waals surface area contributed by atoms with Gasteiger partial charge in [-0.25, -0.2) is 0 Å². The first-order valence-electron chi connectivity index (χ1n) is 10.1. The van der Waals surface area contributed by atoms with E-state index < -0.39 is 5.91 Å². The molecule has 0 aliphatic carbocycles. The molecule has 1 unspecified atom stereocenters. The smallest absolute Gasteiger partial charge is 0.252 e. The lowest BCUT2D eigenvalue weighted by molar-refractivity contribution is 0.0777. The molecule has 2 heterocycles. The molecule has 4 rings (SSSR count). The number of hydrogen-bond acceptors (Lipinski definition) is 5. The number of carbonyl (C=O) groups is 2. The van der Waals surface area contributed by atoms with Gasteiger partial charge < -0.3 is 24.5 Å². The molecule has 1 aliphatic heterocycles. The van der Waals surface area contributed by atoms with Gasteiger partial charge in [-0.05, 0) is 50.2 Å². The van der Waals surface area contributed by atoms with Gasteiger partial charge in [-0.3, -0.25) is 9.59 Å². The second-order valence-electron chi connectivity index (χ2n) is 7.61. The van der Waals surface area contributed by atoms with E-state index in [1.54, 1.807) is 6.07 Å². The van der Waals surface area contributed by atoms with Crippen molar-refractivity contribution in [3.05, 3.63) is 76.1 Å². The number of para-hydroxylation sites is 2. The van der Waals surface area contributed by atoms with Crippen molar-refractivity contribution in [1.82, 2.24) is 4.57 Å². The van der Waals surface area contributed by atoms with Crippen LogP contribution in [0.5, 0.6) is 17.2 Å². The Kier molecular flexibility index (Phi) is 6.10. The van der Waals surface area contributed by atoms with Crippen molar-refractivity contribution in [3.8, 4) is 17.2 Å². The van der Waals surface area contributed by atoms with Gasteiger partial charge in [-0.2, -0.15) is 0 Å². The minimum absolute atomic E-state index is 0.130. The van der Waals surface area contributed by atoms with Crippen molar-refractivity contribution in [1.29, 1.82) is 0 Å². The van der Waals surface area contributed by atoms with Crippen LogP contribution in [0.3, 0.4) is 0 Å². The molecule has 0 saturated carbocycles. The third-order valence-electron chi connectivity index (χ3n) is 5.39. The molecule has 7 nitrogen and oxygen atoms in total. The lowest BCUT2D eigenvalue weighted by Gasteiger charge is -2.27. The lowest BCUT2D eigenvalue weighted by Crippen LogP contribution is -2.33. The Morgan fingerprint density at radius 3 is 2.62 bits per heavy atom. The number of rotatable bonds is 7. The number of halogens is 1. The SMILES string of the molecule is Cc1cc(C(=O)COc2ccc(Cl)cc2C(N)=O)c(C)n1CC1COc2ccccc2O1. The summed E-state index contributed by atoms with van der Waals surface area (Å²) in [7, 11) is 0. The number of aryl methyl sites for hydroxylation is 1. The number of carbonyl (C=O) groups excluding carboxylic acids is 2. The number of nitrogens with two attached hydrogens (primary N) is 1. The number of benzene rings is 2. The Balaban J connectivity index is 1.46. The third-order valence-corrected chi connectivity index (χ3v) is 5.63. The largest absolute Gasteiger partial charge is 0.486 e. The summed E-state index contributed by atoms with van der Waals surface area (Å²) in [5.74, 6) is 0.778. The fourth-order valence-electron chi connectivity index (χ4n) is 3.76. The number of primary amides is 1. The van der Waals surface area contributed by atoms with E-state index in [4.69, 9.17) is 31.5 Å². The molecule has 0 fully saturated rings. The number of ketones is 1. The molecule has 2 N–H and O–H groups in total.